The van der Waals surface area contributed by atoms with Crippen LogP contribution in [0.4, 0.5) is 19.4 Å². The zero-order valence-electron chi connectivity index (χ0n) is 6.78. The molecule has 0 fully saturated rings. The smallest absolute Gasteiger partial charge is 0.346 e. The highest BCUT2D eigenvalue weighted by Crippen LogP contribution is 2.99. The van der Waals surface area contributed by atoms with Crippen LogP contribution in [0.15, 0.2) is 9.89 Å². The molecule has 0 aliphatic heterocycles. The molecule has 0 aromatic rings. The molecule has 9 heteroatoms. The molecule has 0 aromatic carbocycles. The zero-order chi connectivity index (χ0) is 11.7. The van der Waals surface area contributed by atoms with Crippen molar-refractivity contribution >= 4 is 32.1 Å². The molecule has 0 atom stereocenters. The Labute approximate surface area is 85.0 Å². The summed E-state index contributed by atoms with van der Waals surface area (Å²) in [5.41, 5.74) is 0. The van der Waals surface area contributed by atoms with E-state index >= 15 is 0 Å². The Bertz CT molecular complexity index is 280. The summed E-state index contributed by atoms with van der Waals surface area (Å²) in [4.78, 5) is 10.6. The molecular weight excluding hydrogens is 299 g/mol. The summed E-state index contributed by atoms with van der Waals surface area (Å²) in [7, 11) is -9.71. The van der Waals surface area contributed by atoms with E-state index in [2.05, 4.69) is 20.7 Å². The largest absolute Gasteiger partial charge is 0.462 e. The molecule has 0 amide bonds. The second kappa shape index (κ2) is 3.09. The molecule has 0 spiro atoms. The Hall–Kier alpha value is -0.310. The van der Waals surface area contributed by atoms with Crippen LogP contribution in [-0.4, -0.2) is 12.6 Å². The minimum Gasteiger partial charge on any atom is -0.462 e. The average Bonchev–Trinajstić information content (AvgIpc) is 1.80. The number of esters is 1. The van der Waals surface area contributed by atoms with Gasteiger partial charge in [-0.2, -0.15) is 0 Å². The Morgan fingerprint density at radius 1 is 1.36 bits per heavy atom. The molecule has 0 aliphatic carbocycles. The third-order valence-corrected chi connectivity index (χ3v) is 2.33. The molecule has 0 bridgehead atoms. The lowest BCUT2D eigenvalue weighted by Crippen LogP contribution is -2.07. The van der Waals surface area contributed by atoms with Crippen LogP contribution in [0.25, 0.3) is 0 Å². The number of halogens is 6. The maximum Gasteiger partial charge on any atom is 0.346 e. The number of carbonyl (C=O) groups is 1. The van der Waals surface area contributed by atoms with Crippen molar-refractivity contribution in [3.8, 4) is 0 Å². The third kappa shape index (κ3) is 7.13. The lowest BCUT2D eigenvalue weighted by Gasteiger charge is -2.36. The maximum atomic E-state index is 11.8. The molecular formula is C5H6BrF5O2S. The number of hydrogen-bond donors (Lipinski definition) is 0. The van der Waals surface area contributed by atoms with E-state index in [1.807, 2.05) is 0 Å². The quantitative estimate of drug-likeness (QED) is 0.446. The molecule has 0 rings (SSSR count). The van der Waals surface area contributed by atoms with Gasteiger partial charge < -0.3 is 4.74 Å². The van der Waals surface area contributed by atoms with E-state index in [1.54, 1.807) is 0 Å². The second-order valence-corrected chi connectivity index (χ2v) is 5.36. The summed E-state index contributed by atoms with van der Waals surface area (Å²) in [6.45, 7) is 1.13. The van der Waals surface area contributed by atoms with Gasteiger partial charge in [-0.3, -0.25) is 0 Å². The summed E-state index contributed by atoms with van der Waals surface area (Å²) in [6.07, 6.45) is 0. The van der Waals surface area contributed by atoms with Crippen LogP contribution >= 0.6 is 26.2 Å². The van der Waals surface area contributed by atoms with Gasteiger partial charge in [-0.1, -0.05) is 19.4 Å². The van der Waals surface area contributed by atoms with Crippen LogP contribution in [0.5, 0.6) is 0 Å². The standard InChI is InChI=1S/C5H6BrF5O2S/c1-2-13-5(12)4(6)3-14(7,8,9,10)11/h3H,2H2,1H3/b4-3+. The Morgan fingerprint density at radius 2 is 1.79 bits per heavy atom. The van der Waals surface area contributed by atoms with Gasteiger partial charge in [0.1, 0.15) is 4.48 Å². The lowest BCUT2D eigenvalue weighted by molar-refractivity contribution is -0.137. The number of rotatable bonds is 3. The number of hydrogen-bond acceptors (Lipinski definition) is 2. The predicted octanol–water partition coefficient (Wildman–Crippen LogP) is 4.08. The van der Waals surface area contributed by atoms with Gasteiger partial charge in [-0.25, -0.2) is 4.79 Å². The van der Waals surface area contributed by atoms with Gasteiger partial charge in [0, 0.05) is 0 Å². The summed E-state index contributed by atoms with van der Waals surface area (Å²) in [5, 5.41) is -1.34. The predicted molar refractivity (Wildman–Crippen MR) is 46.8 cm³/mol. The van der Waals surface area contributed by atoms with Crippen molar-refractivity contribution < 1.29 is 29.0 Å². The van der Waals surface area contributed by atoms with Gasteiger partial charge in [0.2, 0.25) is 0 Å². The van der Waals surface area contributed by atoms with Crippen LogP contribution in [0.3, 0.4) is 0 Å². The van der Waals surface area contributed by atoms with Crippen molar-refractivity contribution in [2.45, 2.75) is 6.92 Å². The first kappa shape index (κ1) is 13.7. The van der Waals surface area contributed by atoms with Crippen molar-refractivity contribution in [1.82, 2.24) is 0 Å². The molecule has 0 saturated carbocycles. The summed E-state index contributed by atoms with van der Waals surface area (Å²) >= 11 is 2.07. The van der Waals surface area contributed by atoms with Gasteiger partial charge in [-0.15, -0.1) is 0 Å². The van der Waals surface area contributed by atoms with E-state index in [9.17, 15) is 24.2 Å². The van der Waals surface area contributed by atoms with Crippen LogP contribution < -0.4 is 0 Å². The van der Waals surface area contributed by atoms with Gasteiger partial charge in [0.15, 0.2) is 0 Å². The van der Waals surface area contributed by atoms with Crippen LogP contribution in [0, 0.1) is 0 Å². The second-order valence-electron chi connectivity index (χ2n) is 2.21. The molecule has 14 heavy (non-hydrogen) atoms. The molecule has 0 aliphatic rings. The molecule has 2 nitrogen and oxygen atoms in total. The Balaban J connectivity index is 4.97. The van der Waals surface area contributed by atoms with E-state index in [4.69, 9.17) is 0 Å². The number of ether oxygens (including phenoxy) is 1. The molecule has 0 heterocycles. The van der Waals surface area contributed by atoms with E-state index in [0.717, 1.165) is 0 Å². The van der Waals surface area contributed by atoms with Crippen molar-refractivity contribution in [1.29, 1.82) is 0 Å². The van der Waals surface area contributed by atoms with E-state index < -0.39 is 26.1 Å². The van der Waals surface area contributed by atoms with Crippen molar-refractivity contribution in [3.63, 3.8) is 0 Å². The summed E-state index contributed by atoms with van der Waals surface area (Å²) < 4.78 is 61.5. The van der Waals surface area contributed by atoms with E-state index in [1.165, 1.54) is 6.92 Å². The van der Waals surface area contributed by atoms with Crippen LogP contribution in [0.1, 0.15) is 6.92 Å². The summed E-state index contributed by atoms with van der Waals surface area (Å²) in [5.74, 6) is -1.49. The first-order valence-corrected chi connectivity index (χ1v) is 5.95. The van der Waals surface area contributed by atoms with Crippen LogP contribution in [-0.2, 0) is 9.53 Å². The average molecular weight is 305 g/mol. The minimum absolute atomic E-state index is 0.206. The first-order chi connectivity index (χ1) is 5.84. The van der Waals surface area contributed by atoms with Gasteiger partial charge >= 0.3 is 16.2 Å². The molecule has 86 valence electrons. The highest BCUT2D eigenvalue weighted by Gasteiger charge is 2.61. The Morgan fingerprint density at radius 3 is 2.07 bits per heavy atom. The molecule has 0 saturated heterocycles. The highest BCUT2D eigenvalue weighted by molar-refractivity contribution is 9.12. The van der Waals surface area contributed by atoms with Gasteiger partial charge in [0.05, 0.1) is 12.0 Å². The van der Waals surface area contributed by atoms with Crippen molar-refractivity contribution in [2.75, 3.05) is 6.61 Å². The SMILES string of the molecule is CCOC(=O)/C(Br)=C\S(F)(F)(F)(F)F. The molecule has 0 radical (unpaired) electrons. The van der Waals surface area contributed by atoms with Gasteiger partial charge in [0.25, 0.3) is 0 Å². The van der Waals surface area contributed by atoms with Crippen LogP contribution in [0.2, 0.25) is 0 Å². The zero-order valence-corrected chi connectivity index (χ0v) is 9.18. The lowest BCUT2D eigenvalue weighted by atomic mass is 10.6. The fraction of sp³-hybridized carbons (Fsp3) is 0.400. The van der Waals surface area contributed by atoms with E-state index in [0.29, 0.717) is 0 Å². The monoisotopic (exact) mass is 304 g/mol. The number of carbonyl (C=O) groups excluding carboxylic acids is 1. The summed E-state index contributed by atoms with van der Waals surface area (Å²) in [6, 6.07) is 0. The van der Waals surface area contributed by atoms with Gasteiger partial charge in [-0.05, 0) is 22.9 Å². The minimum atomic E-state index is -9.71. The molecule has 0 N–H and O–H groups in total. The van der Waals surface area contributed by atoms with Crippen molar-refractivity contribution in [3.05, 3.63) is 9.89 Å². The first-order valence-electron chi connectivity index (χ1n) is 3.14. The topological polar surface area (TPSA) is 26.3 Å². The maximum absolute atomic E-state index is 11.8. The fourth-order valence-electron chi connectivity index (χ4n) is 0.444. The third-order valence-electron chi connectivity index (χ3n) is 0.797. The normalized spacial score (nSPS) is 18.4. The molecule has 0 unspecified atom stereocenters. The fourth-order valence-corrected chi connectivity index (χ4v) is 2.11. The Kier molecular flexibility index (Phi) is 3.02. The highest BCUT2D eigenvalue weighted by atomic mass is 79.9. The van der Waals surface area contributed by atoms with E-state index in [-0.39, 0.29) is 6.61 Å². The molecule has 0 aromatic heterocycles. The van der Waals surface area contributed by atoms with Crippen molar-refractivity contribution in [2.24, 2.45) is 0 Å².